The Labute approximate surface area is 255 Å². The predicted octanol–water partition coefficient (Wildman–Crippen LogP) is 1.17. The average Bonchev–Trinajstić information content (AvgIpc) is 2.95. The Balaban J connectivity index is 2.78. The van der Waals surface area contributed by atoms with Crippen molar-refractivity contribution in [2.75, 3.05) is 14.2 Å². The number of carboxylic acids is 2. The van der Waals surface area contributed by atoms with Crippen molar-refractivity contribution in [3.05, 3.63) is 35.9 Å². The molecule has 1 aromatic rings. The molecule has 0 aromatic heterocycles. The van der Waals surface area contributed by atoms with E-state index in [4.69, 9.17) is 4.74 Å². The Morgan fingerprint density at radius 3 is 1.64 bits per heavy atom. The van der Waals surface area contributed by atoms with Crippen molar-refractivity contribution in [3.63, 3.8) is 0 Å². The van der Waals surface area contributed by atoms with Crippen LogP contribution in [0.15, 0.2) is 30.3 Å². The first-order chi connectivity index (χ1) is 20.6. The second kappa shape index (κ2) is 18.1. The highest BCUT2D eigenvalue weighted by molar-refractivity contribution is 5.87. The summed E-state index contributed by atoms with van der Waals surface area (Å²) in [5.74, 6) is -6.97. The monoisotopic (exact) mass is 623 g/mol. The van der Waals surface area contributed by atoms with Crippen LogP contribution in [0.2, 0.25) is 0 Å². The molecular formula is C29H41N3O12. The van der Waals surface area contributed by atoms with E-state index in [0.29, 0.717) is 5.56 Å². The number of nitrogens with one attached hydrogen (secondary N) is 3. The van der Waals surface area contributed by atoms with Crippen molar-refractivity contribution in [2.24, 2.45) is 5.92 Å². The van der Waals surface area contributed by atoms with Gasteiger partial charge in [-0.15, -0.1) is 0 Å². The maximum atomic E-state index is 12.6. The first-order valence-electron chi connectivity index (χ1n) is 13.8. The second-order valence-electron chi connectivity index (χ2n) is 10.9. The Morgan fingerprint density at radius 1 is 0.727 bits per heavy atom. The SMILES string of the molecule is COC(=O)[C@H](CCC(=O)N[C@@H](CC(Cc1ccccc1)C(=O)O)C(=O)O)NC(=O)CC[C@H](NC(=O)OC(C)(C)C)C(=O)OC. The van der Waals surface area contributed by atoms with Gasteiger partial charge in [0.05, 0.1) is 20.1 Å². The largest absolute Gasteiger partial charge is 0.481 e. The van der Waals surface area contributed by atoms with Gasteiger partial charge in [-0.1, -0.05) is 30.3 Å². The minimum atomic E-state index is -1.52. The van der Waals surface area contributed by atoms with E-state index in [1.165, 1.54) is 0 Å². The van der Waals surface area contributed by atoms with Gasteiger partial charge in [0, 0.05) is 12.8 Å². The molecule has 0 aliphatic rings. The number of esters is 2. The highest BCUT2D eigenvalue weighted by Crippen LogP contribution is 2.16. The van der Waals surface area contributed by atoms with E-state index in [1.54, 1.807) is 51.1 Å². The summed E-state index contributed by atoms with van der Waals surface area (Å²) in [7, 11) is 2.17. The van der Waals surface area contributed by atoms with E-state index >= 15 is 0 Å². The number of rotatable bonds is 17. The molecule has 1 aromatic carbocycles. The van der Waals surface area contributed by atoms with E-state index in [2.05, 4.69) is 25.4 Å². The van der Waals surface area contributed by atoms with E-state index in [0.717, 1.165) is 14.2 Å². The molecule has 4 atom stereocenters. The molecule has 0 saturated heterocycles. The molecule has 0 fully saturated rings. The van der Waals surface area contributed by atoms with Gasteiger partial charge < -0.3 is 40.4 Å². The highest BCUT2D eigenvalue weighted by Gasteiger charge is 2.30. The van der Waals surface area contributed by atoms with Crippen LogP contribution in [0.5, 0.6) is 0 Å². The summed E-state index contributed by atoms with van der Waals surface area (Å²) < 4.78 is 14.5. The van der Waals surface area contributed by atoms with Crippen LogP contribution in [0.1, 0.15) is 58.4 Å². The van der Waals surface area contributed by atoms with Gasteiger partial charge in [0.2, 0.25) is 11.8 Å². The lowest BCUT2D eigenvalue weighted by Crippen LogP contribution is -2.46. The van der Waals surface area contributed by atoms with Crippen LogP contribution in [0.4, 0.5) is 4.79 Å². The van der Waals surface area contributed by atoms with Crippen molar-refractivity contribution in [3.8, 4) is 0 Å². The van der Waals surface area contributed by atoms with Gasteiger partial charge >= 0.3 is 30.0 Å². The zero-order chi connectivity index (χ0) is 33.4. The van der Waals surface area contributed by atoms with Gasteiger partial charge in [-0.25, -0.2) is 19.2 Å². The molecule has 244 valence electrons. The molecule has 15 nitrogen and oxygen atoms in total. The number of carbonyl (C=O) groups is 7. The lowest BCUT2D eigenvalue weighted by molar-refractivity contribution is -0.147. The normalized spacial score (nSPS) is 13.7. The molecule has 0 aliphatic heterocycles. The van der Waals surface area contributed by atoms with Gasteiger partial charge in [-0.3, -0.25) is 14.4 Å². The van der Waals surface area contributed by atoms with Crippen molar-refractivity contribution in [1.29, 1.82) is 0 Å². The van der Waals surface area contributed by atoms with Crippen molar-refractivity contribution in [2.45, 2.75) is 83.0 Å². The molecule has 1 rings (SSSR count). The minimum absolute atomic E-state index is 0.0520. The lowest BCUT2D eigenvalue weighted by Gasteiger charge is -2.23. The summed E-state index contributed by atoms with van der Waals surface area (Å²) in [4.78, 5) is 85.2. The van der Waals surface area contributed by atoms with Gasteiger partial charge in [-0.05, 0) is 52.0 Å². The van der Waals surface area contributed by atoms with Crippen LogP contribution in [0, 0.1) is 5.92 Å². The van der Waals surface area contributed by atoms with Gasteiger partial charge in [0.1, 0.15) is 23.7 Å². The van der Waals surface area contributed by atoms with Gasteiger partial charge in [-0.2, -0.15) is 0 Å². The quantitative estimate of drug-likeness (QED) is 0.122. The molecular weight excluding hydrogens is 582 g/mol. The molecule has 44 heavy (non-hydrogen) atoms. The van der Waals surface area contributed by atoms with E-state index < -0.39 is 77.9 Å². The first kappa shape index (κ1) is 37.3. The molecule has 0 saturated carbocycles. The fraction of sp³-hybridized carbons (Fsp3) is 0.552. The fourth-order valence-corrected chi connectivity index (χ4v) is 3.99. The Kier molecular flexibility index (Phi) is 15.3. The fourth-order valence-electron chi connectivity index (χ4n) is 3.99. The summed E-state index contributed by atoms with van der Waals surface area (Å²) in [6, 6.07) is 4.56. The van der Waals surface area contributed by atoms with Crippen LogP contribution >= 0.6 is 0 Å². The van der Waals surface area contributed by atoms with E-state index in [9.17, 15) is 43.8 Å². The maximum Gasteiger partial charge on any atom is 0.408 e. The number of methoxy groups -OCH3 is 2. The zero-order valence-corrected chi connectivity index (χ0v) is 25.4. The molecule has 0 heterocycles. The summed E-state index contributed by atoms with van der Waals surface area (Å²) in [5.41, 5.74) is -0.155. The summed E-state index contributed by atoms with van der Waals surface area (Å²) in [5, 5.41) is 26.2. The Bertz CT molecular complexity index is 1170. The Hall–Kier alpha value is -4.69. The number of benzene rings is 1. The average molecular weight is 624 g/mol. The number of amides is 3. The Morgan fingerprint density at radius 2 is 1.20 bits per heavy atom. The number of hydrogen-bond acceptors (Lipinski definition) is 10. The van der Waals surface area contributed by atoms with Crippen LogP contribution in [0.3, 0.4) is 0 Å². The number of carboxylic acid groups (broad SMARTS) is 2. The molecule has 0 radical (unpaired) electrons. The first-order valence-corrected chi connectivity index (χ1v) is 13.8. The number of aliphatic carboxylic acids is 2. The van der Waals surface area contributed by atoms with Crippen LogP contribution in [-0.4, -0.2) is 89.9 Å². The van der Waals surface area contributed by atoms with E-state index in [1.807, 2.05) is 0 Å². The molecule has 5 N–H and O–H groups in total. The highest BCUT2D eigenvalue weighted by atomic mass is 16.6. The summed E-state index contributed by atoms with van der Waals surface area (Å²) in [6.45, 7) is 4.88. The summed E-state index contributed by atoms with van der Waals surface area (Å²) >= 11 is 0. The molecule has 3 amide bonds. The standard InChI is InChI=1S/C29H41N3O12/c1-29(2,3)44-28(41)32-20(27(40)43-5)12-14-22(33)30-19(26(39)42-4)11-13-23(34)31-21(25(37)38)16-18(24(35)36)15-17-9-7-6-8-10-17/h6-10,18-21H,11-16H2,1-5H3,(H,30,33)(H,31,34)(H,32,41)(H,35,36)(H,37,38)/t18?,19-,20-,21-/m0/s1. The molecule has 0 spiro atoms. The molecule has 15 heteroatoms. The molecule has 1 unspecified atom stereocenters. The third kappa shape index (κ3) is 14.5. The predicted molar refractivity (Wildman–Crippen MR) is 153 cm³/mol. The zero-order valence-electron chi connectivity index (χ0n) is 25.4. The van der Waals surface area contributed by atoms with Crippen molar-refractivity contribution in [1.82, 2.24) is 16.0 Å². The topological polar surface area (TPSA) is 224 Å². The molecule has 0 aliphatic carbocycles. The van der Waals surface area contributed by atoms with Gasteiger partial charge in [0.25, 0.3) is 0 Å². The van der Waals surface area contributed by atoms with Gasteiger partial charge in [0.15, 0.2) is 0 Å². The minimum Gasteiger partial charge on any atom is -0.481 e. The lowest BCUT2D eigenvalue weighted by atomic mass is 9.92. The second-order valence-corrected chi connectivity index (χ2v) is 10.9. The van der Waals surface area contributed by atoms with Crippen molar-refractivity contribution < 1.29 is 58.0 Å². The number of alkyl carbamates (subject to hydrolysis) is 1. The van der Waals surface area contributed by atoms with Crippen LogP contribution in [0.25, 0.3) is 0 Å². The number of hydrogen-bond donors (Lipinski definition) is 5. The van der Waals surface area contributed by atoms with Crippen molar-refractivity contribution >= 4 is 41.8 Å². The smallest absolute Gasteiger partial charge is 0.408 e. The van der Waals surface area contributed by atoms with Crippen LogP contribution < -0.4 is 16.0 Å². The molecule has 0 bridgehead atoms. The summed E-state index contributed by atoms with van der Waals surface area (Å²) in [6.07, 6.45) is -2.47. The maximum absolute atomic E-state index is 12.6. The third-order valence-electron chi connectivity index (χ3n) is 6.15. The van der Waals surface area contributed by atoms with E-state index in [-0.39, 0.29) is 32.1 Å². The number of ether oxygens (including phenoxy) is 3. The van der Waals surface area contributed by atoms with Crippen LogP contribution in [-0.2, 0) is 49.4 Å². The number of carbonyl (C=O) groups excluding carboxylic acids is 5. The third-order valence-corrected chi connectivity index (χ3v) is 6.15.